The second-order valence-corrected chi connectivity index (χ2v) is 8.22. The van der Waals surface area contributed by atoms with E-state index >= 15 is 0 Å². The number of carbonyl (C=O) groups excluding carboxylic acids is 1. The highest BCUT2D eigenvalue weighted by atomic mass is 32.2. The Labute approximate surface area is 148 Å². The van der Waals surface area contributed by atoms with Crippen LogP contribution in [0.2, 0.25) is 0 Å². The number of piperidine rings is 1. The van der Waals surface area contributed by atoms with E-state index in [2.05, 4.69) is 15.5 Å². The maximum absolute atomic E-state index is 13.2. The second kappa shape index (κ2) is 7.94. The van der Waals surface area contributed by atoms with Gasteiger partial charge >= 0.3 is 0 Å². The molecule has 1 aromatic heterocycles. The zero-order chi connectivity index (χ0) is 16.9. The molecular formula is C16H19FN4OS2. The molecule has 1 aromatic carbocycles. The largest absolute Gasteiger partial charge is 0.342 e. The molecule has 0 bridgehead atoms. The zero-order valence-electron chi connectivity index (χ0n) is 13.4. The lowest BCUT2D eigenvalue weighted by molar-refractivity contribution is -0.131. The normalized spacial score (nSPS) is 16.0. The van der Waals surface area contributed by atoms with Gasteiger partial charge in [-0.05, 0) is 44.4 Å². The third kappa shape index (κ3) is 4.45. The van der Waals surface area contributed by atoms with Crippen molar-refractivity contribution >= 4 is 39.8 Å². The first kappa shape index (κ1) is 17.2. The summed E-state index contributed by atoms with van der Waals surface area (Å²) in [5.74, 6) is -0.144. The number of rotatable bonds is 5. The molecule has 1 atom stereocenters. The number of amides is 1. The van der Waals surface area contributed by atoms with Crippen molar-refractivity contribution < 1.29 is 9.18 Å². The fraction of sp³-hybridized carbons (Fsp3) is 0.438. The van der Waals surface area contributed by atoms with Gasteiger partial charge in [-0.3, -0.25) is 4.79 Å². The summed E-state index contributed by atoms with van der Waals surface area (Å²) in [5, 5.41) is 11.6. The molecular weight excluding hydrogens is 347 g/mol. The lowest BCUT2D eigenvalue weighted by atomic mass is 10.1. The molecule has 3 rings (SSSR count). The van der Waals surface area contributed by atoms with E-state index in [1.807, 2.05) is 11.8 Å². The summed E-state index contributed by atoms with van der Waals surface area (Å²) in [6.45, 7) is 3.61. The summed E-state index contributed by atoms with van der Waals surface area (Å²) in [4.78, 5) is 14.4. The van der Waals surface area contributed by atoms with Gasteiger partial charge in [-0.1, -0.05) is 29.2 Å². The van der Waals surface area contributed by atoms with Gasteiger partial charge in [0.15, 0.2) is 4.34 Å². The molecule has 1 N–H and O–H groups in total. The van der Waals surface area contributed by atoms with Crippen LogP contribution < -0.4 is 5.32 Å². The van der Waals surface area contributed by atoms with Gasteiger partial charge in [-0.15, -0.1) is 10.2 Å². The molecule has 8 heteroatoms. The minimum atomic E-state index is -0.306. The molecule has 0 unspecified atom stereocenters. The molecule has 1 amide bonds. The Balaban J connectivity index is 1.58. The molecule has 128 valence electrons. The number of halogens is 1. The number of aromatic nitrogens is 2. The summed E-state index contributed by atoms with van der Waals surface area (Å²) < 4.78 is 13.9. The number of hydrogen-bond donors (Lipinski definition) is 1. The minimum absolute atomic E-state index is 0.162. The van der Waals surface area contributed by atoms with Gasteiger partial charge in [0, 0.05) is 18.8 Å². The van der Waals surface area contributed by atoms with Crippen molar-refractivity contribution in [3.05, 3.63) is 30.1 Å². The first-order valence-corrected chi connectivity index (χ1v) is 9.63. The highest BCUT2D eigenvalue weighted by Crippen LogP contribution is 2.31. The quantitative estimate of drug-likeness (QED) is 0.813. The monoisotopic (exact) mass is 366 g/mol. The van der Waals surface area contributed by atoms with E-state index < -0.39 is 0 Å². The van der Waals surface area contributed by atoms with Gasteiger partial charge < -0.3 is 10.2 Å². The number of nitrogens with zero attached hydrogens (tertiary/aromatic N) is 3. The molecule has 0 aliphatic carbocycles. The van der Waals surface area contributed by atoms with Crippen LogP contribution >= 0.6 is 23.1 Å². The third-order valence-electron chi connectivity index (χ3n) is 3.78. The number of nitrogens with one attached hydrogen (secondary N) is 1. The Hall–Kier alpha value is -1.67. The van der Waals surface area contributed by atoms with Crippen molar-refractivity contribution in [3.8, 4) is 0 Å². The van der Waals surface area contributed by atoms with Crippen LogP contribution in [0.5, 0.6) is 0 Å². The van der Waals surface area contributed by atoms with Crippen molar-refractivity contribution in [2.75, 3.05) is 18.4 Å². The van der Waals surface area contributed by atoms with E-state index in [1.54, 1.807) is 12.1 Å². The summed E-state index contributed by atoms with van der Waals surface area (Å²) in [6.07, 6.45) is 3.38. The van der Waals surface area contributed by atoms with Crippen LogP contribution in [0, 0.1) is 5.82 Å². The van der Waals surface area contributed by atoms with Crippen molar-refractivity contribution in [1.82, 2.24) is 15.1 Å². The van der Waals surface area contributed by atoms with Crippen LogP contribution in [0.15, 0.2) is 28.6 Å². The van der Waals surface area contributed by atoms with Crippen LogP contribution in [0.4, 0.5) is 15.2 Å². The summed E-state index contributed by atoms with van der Waals surface area (Å²) >= 11 is 2.78. The average molecular weight is 366 g/mol. The van der Waals surface area contributed by atoms with Crippen molar-refractivity contribution in [2.24, 2.45) is 0 Å². The van der Waals surface area contributed by atoms with Crippen LogP contribution in [0.3, 0.4) is 0 Å². The Bertz CT molecular complexity index is 703. The Morgan fingerprint density at radius 3 is 2.88 bits per heavy atom. The molecule has 2 heterocycles. The maximum Gasteiger partial charge on any atom is 0.235 e. The molecule has 2 aromatic rings. The van der Waals surface area contributed by atoms with E-state index in [-0.39, 0.29) is 17.0 Å². The van der Waals surface area contributed by atoms with Gasteiger partial charge in [0.05, 0.1) is 5.25 Å². The van der Waals surface area contributed by atoms with E-state index in [0.29, 0.717) is 10.8 Å². The van der Waals surface area contributed by atoms with E-state index in [0.717, 1.165) is 30.3 Å². The number of likely N-dealkylation sites (tertiary alicyclic amines) is 1. The first-order valence-electron chi connectivity index (χ1n) is 7.93. The first-order chi connectivity index (χ1) is 11.6. The van der Waals surface area contributed by atoms with Crippen LogP contribution in [-0.4, -0.2) is 39.3 Å². The second-order valence-electron chi connectivity index (χ2n) is 5.65. The highest BCUT2D eigenvalue weighted by Gasteiger charge is 2.24. The Kier molecular flexibility index (Phi) is 5.68. The molecule has 5 nitrogen and oxygen atoms in total. The highest BCUT2D eigenvalue weighted by molar-refractivity contribution is 8.02. The van der Waals surface area contributed by atoms with Crippen LogP contribution in [0.1, 0.15) is 26.2 Å². The van der Waals surface area contributed by atoms with Crippen molar-refractivity contribution in [3.63, 3.8) is 0 Å². The molecule has 0 radical (unpaired) electrons. The fourth-order valence-electron chi connectivity index (χ4n) is 2.57. The zero-order valence-corrected chi connectivity index (χ0v) is 15.0. The molecule has 1 aliphatic heterocycles. The SMILES string of the molecule is C[C@H](Sc1nnc(Nc2cccc(F)c2)s1)C(=O)N1CCCCC1. The van der Waals surface area contributed by atoms with Crippen LogP contribution in [0.25, 0.3) is 0 Å². The third-order valence-corrected chi connectivity index (χ3v) is 5.79. The molecule has 0 spiro atoms. The topological polar surface area (TPSA) is 58.1 Å². The Morgan fingerprint density at radius 2 is 2.12 bits per heavy atom. The van der Waals surface area contributed by atoms with Crippen LogP contribution in [-0.2, 0) is 4.79 Å². The molecule has 1 saturated heterocycles. The number of hydrogen-bond acceptors (Lipinski definition) is 6. The predicted octanol–water partition coefficient (Wildman–Crippen LogP) is 3.91. The van der Waals surface area contributed by atoms with E-state index in [1.165, 1.54) is 41.7 Å². The lowest BCUT2D eigenvalue weighted by Gasteiger charge is -2.28. The summed E-state index contributed by atoms with van der Waals surface area (Å²) in [6, 6.07) is 6.19. The number of carbonyl (C=O) groups is 1. The van der Waals surface area contributed by atoms with E-state index in [4.69, 9.17) is 0 Å². The van der Waals surface area contributed by atoms with E-state index in [9.17, 15) is 9.18 Å². The van der Waals surface area contributed by atoms with Gasteiger partial charge in [-0.25, -0.2) is 4.39 Å². The van der Waals surface area contributed by atoms with Crippen molar-refractivity contribution in [1.29, 1.82) is 0 Å². The average Bonchev–Trinajstić information content (AvgIpc) is 3.02. The summed E-state index contributed by atoms with van der Waals surface area (Å²) in [5.41, 5.74) is 0.625. The Morgan fingerprint density at radius 1 is 1.33 bits per heavy atom. The van der Waals surface area contributed by atoms with Gasteiger partial charge in [-0.2, -0.15) is 0 Å². The number of anilines is 2. The standard InChI is InChI=1S/C16H19FN4OS2/c1-11(14(22)21-8-3-2-4-9-21)23-16-20-19-15(24-16)18-13-7-5-6-12(17)10-13/h5-7,10-11H,2-4,8-9H2,1H3,(H,18,19)/t11-/m0/s1. The van der Waals surface area contributed by atoms with Gasteiger partial charge in [0.25, 0.3) is 0 Å². The number of benzene rings is 1. The summed E-state index contributed by atoms with van der Waals surface area (Å²) in [7, 11) is 0. The van der Waals surface area contributed by atoms with Gasteiger partial charge in [0.1, 0.15) is 5.82 Å². The minimum Gasteiger partial charge on any atom is -0.342 e. The molecule has 24 heavy (non-hydrogen) atoms. The fourth-order valence-corrected chi connectivity index (χ4v) is 4.57. The molecule has 0 saturated carbocycles. The molecule has 1 fully saturated rings. The smallest absolute Gasteiger partial charge is 0.235 e. The molecule has 1 aliphatic rings. The van der Waals surface area contributed by atoms with Gasteiger partial charge in [0.2, 0.25) is 11.0 Å². The maximum atomic E-state index is 13.2. The lowest BCUT2D eigenvalue weighted by Crippen LogP contribution is -2.40. The predicted molar refractivity (Wildman–Crippen MR) is 95.3 cm³/mol. The van der Waals surface area contributed by atoms with Crippen molar-refractivity contribution in [2.45, 2.75) is 35.8 Å². The number of thioether (sulfide) groups is 1.